The highest BCUT2D eigenvalue weighted by molar-refractivity contribution is 5.77. The smallest absolute Gasteiger partial charge is 0.410 e. The van der Waals surface area contributed by atoms with Crippen LogP contribution in [-0.4, -0.2) is 39.7 Å². The highest BCUT2D eigenvalue weighted by atomic mass is 16.6. The van der Waals surface area contributed by atoms with E-state index in [1.165, 1.54) is 0 Å². The third-order valence-corrected chi connectivity index (χ3v) is 3.86. The van der Waals surface area contributed by atoms with E-state index < -0.39 is 5.60 Å². The second kappa shape index (κ2) is 5.68. The Labute approximate surface area is 134 Å². The van der Waals surface area contributed by atoms with Crippen molar-refractivity contribution < 1.29 is 9.53 Å². The molecule has 1 aliphatic heterocycles. The summed E-state index contributed by atoms with van der Waals surface area (Å²) in [5.41, 5.74) is 0.0355. The van der Waals surface area contributed by atoms with Gasteiger partial charge in [-0.2, -0.15) is 0 Å². The number of H-pyrrole nitrogens is 1. The summed E-state index contributed by atoms with van der Waals surface area (Å²) < 4.78 is 5.39. The van der Waals surface area contributed by atoms with E-state index in [1.54, 1.807) is 11.0 Å². The lowest BCUT2D eigenvalue weighted by Crippen LogP contribution is -2.35. The third-order valence-electron chi connectivity index (χ3n) is 3.86. The van der Waals surface area contributed by atoms with Crippen LogP contribution in [0.4, 0.5) is 4.79 Å². The van der Waals surface area contributed by atoms with Gasteiger partial charge in [-0.25, -0.2) is 9.78 Å². The number of amides is 1. The van der Waals surface area contributed by atoms with Crippen LogP contribution in [0.2, 0.25) is 0 Å². The van der Waals surface area contributed by atoms with E-state index in [0.717, 1.165) is 6.42 Å². The first-order valence-electron chi connectivity index (χ1n) is 7.80. The number of fused-ring (bicyclic) bond motifs is 1. The molecule has 0 saturated carbocycles. The van der Waals surface area contributed by atoms with Gasteiger partial charge in [-0.05, 0) is 39.3 Å². The summed E-state index contributed by atoms with van der Waals surface area (Å²) in [4.78, 5) is 33.4. The van der Waals surface area contributed by atoms with Crippen LogP contribution in [0.15, 0.2) is 29.1 Å². The fourth-order valence-electron chi connectivity index (χ4n) is 2.77. The lowest BCUT2D eigenvalue weighted by atomic mass is 10.1. The number of rotatable bonds is 1. The van der Waals surface area contributed by atoms with E-state index in [2.05, 4.69) is 9.97 Å². The van der Waals surface area contributed by atoms with Crippen molar-refractivity contribution in [3.63, 3.8) is 0 Å². The molecule has 1 unspecified atom stereocenters. The van der Waals surface area contributed by atoms with Crippen LogP contribution < -0.4 is 5.56 Å². The van der Waals surface area contributed by atoms with Gasteiger partial charge in [-0.3, -0.25) is 4.79 Å². The Morgan fingerprint density at radius 1 is 1.35 bits per heavy atom. The topological polar surface area (TPSA) is 75.3 Å². The van der Waals surface area contributed by atoms with E-state index >= 15 is 0 Å². The maximum absolute atomic E-state index is 12.2. The number of aromatic nitrogens is 2. The Kier molecular flexibility index (Phi) is 3.83. The van der Waals surface area contributed by atoms with Crippen molar-refractivity contribution in [3.05, 3.63) is 40.4 Å². The zero-order valence-corrected chi connectivity index (χ0v) is 13.6. The van der Waals surface area contributed by atoms with Gasteiger partial charge in [0, 0.05) is 19.0 Å². The molecule has 23 heavy (non-hydrogen) atoms. The van der Waals surface area contributed by atoms with Crippen molar-refractivity contribution in [2.24, 2.45) is 0 Å². The molecule has 6 nitrogen and oxygen atoms in total. The van der Waals surface area contributed by atoms with Gasteiger partial charge in [0.05, 0.1) is 10.9 Å². The summed E-state index contributed by atoms with van der Waals surface area (Å²) in [7, 11) is 0. The average Bonchev–Trinajstić information content (AvgIpc) is 2.95. The fourth-order valence-corrected chi connectivity index (χ4v) is 2.77. The Hall–Kier alpha value is -2.37. The predicted molar refractivity (Wildman–Crippen MR) is 87.5 cm³/mol. The van der Waals surface area contributed by atoms with Gasteiger partial charge in [-0.15, -0.1) is 0 Å². The Morgan fingerprint density at radius 2 is 2.09 bits per heavy atom. The molecule has 122 valence electrons. The molecule has 1 aromatic heterocycles. The van der Waals surface area contributed by atoms with Gasteiger partial charge in [0.15, 0.2) is 0 Å². The van der Waals surface area contributed by atoms with Crippen LogP contribution in [0, 0.1) is 0 Å². The van der Waals surface area contributed by atoms with E-state index in [9.17, 15) is 9.59 Å². The number of likely N-dealkylation sites (tertiary alicyclic amines) is 1. The van der Waals surface area contributed by atoms with Gasteiger partial charge < -0.3 is 14.6 Å². The molecule has 0 spiro atoms. The molecule has 1 saturated heterocycles. The molecule has 1 amide bonds. The molecule has 1 N–H and O–H groups in total. The van der Waals surface area contributed by atoms with Crippen molar-refractivity contribution in [2.75, 3.05) is 13.1 Å². The number of para-hydroxylation sites is 1. The van der Waals surface area contributed by atoms with Gasteiger partial charge in [0.25, 0.3) is 5.56 Å². The summed E-state index contributed by atoms with van der Waals surface area (Å²) in [6.45, 7) is 6.66. The van der Waals surface area contributed by atoms with Crippen molar-refractivity contribution in [1.82, 2.24) is 14.9 Å². The molecule has 6 heteroatoms. The molecule has 1 aromatic carbocycles. The molecule has 1 atom stereocenters. The van der Waals surface area contributed by atoms with Crippen molar-refractivity contribution in [2.45, 2.75) is 38.7 Å². The van der Waals surface area contributed by atoms with Gasteiger partial charge in [0.1, 0.15) is 11.4 Å². The number of nitrogens with zero attached hydrogens (tertiary/aromatic N) is 2. The molecular weight excluding hydrogens is 294 g/mol. The molecular formula is C17H21N3O3. The average molecular weight is 315 g/mol. The Morgan fingerprint density at radius 3 is 2.83 bits per heavy atom. The van der Waals surface area contributed by atoms with E-state index in [1.807, 2.05) is 39.0 Å². The van der Waals surface area contributed by atoms with Crippen molar-refractivity contribution >= 4 is 17.0 Å². The number of nitrogens with one attached hydrogen (secondary N) is 1. The van der Waals surface area contributed by atoms with Crippen LogP contribution >= 0.6 is 0 Å². The highest BCUT2D eigenvalue weighted by Gasteiger charge is 2.31. The first-order valence-corrected chi connectivity index (χ1v) is 7.80. The van der Waals surface area contributed by atoms with Crippen LogP contribution in [0.25, 0.3) is 10.9 Å². The first kappa shape index (κ1) is 15.5. The third kappa shape index (κ3) is 3.36. The molecule has 2 heterocycles. The second-order valence-corrected chi connectivity index (χ2v) is 6.88. The molecule has 0 radical (unpaired) electrons. The quantitative estimate of drug-likeness (QED) is 0.878. The van der Waals surface area contributed by atoms with Crippen LogP contribution in [0.3, 0.4) is 0 Å². The lowest BCUT2D eigenvalue weighted by molar-refractivity contribution is 0.0292. The van der Waals surface area contributed by atoms with Crippen LogP contribution in [0.1, 0.15) is 38.9 Å². The SMILES string of the molecule is CC(C)(C)OC(=O)N1CCC(c2nc3ccccc3c(=O)[nH]2)C1. The minimum Gasteiger partial charge on any atom is -0.444 e. The summed E-state index contributed by atoms with van der Waals surface area (Å²) in [5.74, 6) is 0.666. The lowest BCUT2D eigenvalue weighted by Gasteiger charge is -2.24. The molecule has 1 aliphatic rings. The summed E-state index contributed by atoms with van der Waals surface area (Å²) >= 11 is 0. The highest BCUT2D eigenvalue weighted by Crippen LogP contribution is 2.26. The number of hydrogen-bond acceptors (Lipinski definition) is 4. The first-order chi connectivity index (χ1) is 10.8. The number of carbonyl (C=O) groups excluding carboxylic acids is 1. The minimum atomic E-state index is -0.509. The van der Waals surface area contributed by atoms with Crippen LogP contribution in [0.5, 0.6) is 0 Å². The largest absolute Gasteiger partial charge is 0.444 e. The zero-order chi connectivity index (χ0) is 16.6. The molecule has 2 aromatic rings. The Balaban J connectivity index is 1.79. The van der Waals surface area contributed by atoms with Gasteiger partial charge in [0.2, 0.25) is 0 Å². The summed E-state index contributed by atoms with van der Waals surface area (Å²) in [5, 5.41) is 0.582. The number of ether oxygens (including phenoxy) is 1. The summed E-state index contributed by atoms with van der Waals surface area (Å²) in [6, 6.07) is 7.26. The molecule has 3 rings (SSSR count). The van der Waals surface area contributed by atoms with Gasteiger partial charge in [-0.1, -0.05) is 12.1 Å². The fraction of sp³-hybridized carbons (Fsp3) is 0.471. The molecule has 0 aliphatic carbocycles. The Bertz CT molecular complexity index is 792. The zero-order valence-electron chi connectivity index (χ0n) is 13.6. The maximum atomic E-state index is 12.2. The number of hydrogen-bond donors (Lipinski definition) is 1. The molecule has 0 bridgehead atoms. The summed E-state index contributed by atoms with van der Waals surface area (Å²) in [6.07, 6.45) is 0.448. The second-order valence-electron chi connectivity index (χ2n) is 6.88. The maximum Gasteiger partial charge on any atom is 0.410 e. The van der Waals surface area contributed by atoms with E-state index in [0.29, 0.717) is 29.8 Å². The van der Waals surface area contributed by atoms with E-state index in [-0.39, 0.29) is 17.6 Å². The number of aromatic amines is 1. The van der Waals surface area contributed by atoms with Crippen molar-refractivity contribution in [3.8, 4) is 0 Å². The van der Waals surface area contributed by atoms with Gasteiger partial charge >= 0.3 is 6.09 Å². The predicted octanol–water partition coefficient (Wildman–Crippen LogP) is 2.65. The monoisotopic (exact) mass is 315 g/mol. The van der Waals surface area contributed by atoms with Crippen molar-refractivity contribution in [1.29, 1.82) is 0 Å². The minimum absolute atomic E-state index is 0.0276. The number of carbonyl (C=O) groups is 1. The standard InChI is InChI=1S/C17H21N3O3/c1-17(2,3)23-16(22)20-9-8-11(10-20)14-18-13-7-5-4-6-12(13)15(21)19-14/h4-7,11H,8-10H2,1-3H3,(H,18,19,21). The normalized spacial score (nSPS) is 18.4. The number of benzene rings is 1. The molecule has 1 fully saturated rings. The van der Waals surface area contributed by atoms with Crippen LogP contribution in [-0.2, 0) is 4.74 Å². The van der Waals surface area contributed by atoms with E-state index in [4.69, 9.17) is 4.74 Å².